The second kappa shape index (κ2) is 8.10. The number of benzene rings is 2. The molecular weight excluding hydrogens is 384 g/mol. The van der Waals surface area contributed by atoms with E-state index in [1.807, 2.05) is 48.6 Å². The minimum atomic E-state index is -1.07. The van der Waals surface area contributed by atoms with E-state index in [-0.39, 0.29) is 11.8 Å². The number of anilines is 1. The number of rotatable bonds is 5. The molecule has 0 radical (unpaired) electrons. The van der Waals surface area contributed by atoms with Crippen LogP contribution in [0.5, 0.6) is 0 Å². The van der Waals surface area contributed by atoms with Gasteiger partial charge < -0.3 is 10.1 Å². The summed E-state index contributed by atoms with van der Waals surface area (Å²) in [6.45, 7) is 0.949. The number of nitrogens with one attached hydrogen (secondary N) is 1. The maximum absolute atomic E-state index is 12.6. The van der Waals surface area contributed by atoms with Gasteiger partial charge in [-0.3, -0.25) is 19.3 Å². The Balaban J connectivity index is 1.34. The van der Waals surface area contributed by atoms with Crippen LogP contribution >= 0.6 is 0 Å². The first kappa shape index (κ1) is 19.8. The van der Waals surface area contributed by atoms with Crippen LogP contribution in [0.15, 0.2) is 54.6 Å². The Labute approximate surface area is 173 Å². The Morgan fingerprint density at radius 1 is 1.03 bits per heavy atom. The van der Waals surface area contributed by atoms with Crippen molar-refractivity contribution in [1.29, 1.82) is 0 Å². The molecule has 2 aliphatic rings. The Kier molecular flexibility index (Phi) is 5.35. The van der Waals surface area contributed by atoms with E-state index in [0.29, 0.717) is 18.5 Å². The van der Waals surface area contributed by atoms with Gasteiger partial charge in [-0.05, 0) is 42.7 Å². The van der Waals surface area contributed by atoms with Gasteiger partial charge >= 0.3 is 5.97 Å². The van der Waals surface area contributed by atoms with Crippen LogP contribution in [-0.2, 0) is 23.9 Å². The van der Waals surface area contributed by atoms with Crippen LogP contribution < -0.4 is 5.32 Å². The van der Waals surface area contributed by atoms with E-state index in [1.54, 1.807) is 6.07 Å². The Morgan fingerprint density at radius 3 is 2.33 bits per heavy atom. The zero-order chi connectivity index (χ0) is 21.3. The second-order valence-corrected chi connectivity index (χ2v) is 7.60. The van der Waals surface area contributed by atoms with Gasteiger partial charge in [0.05, 0.1) is 11.8 Å². The summed E-state index contributed by atoms with van der Waals surface area (Å²) in [5.41, 5.74) is 0.587. The van der Waals surface area contributed by atoms with E-state index in [9.17, 15) is 19.2 Å². The van der Waals surface area contributed by atoms with Crippen LogP contribution in [0.3, 0.4) is 0 Å². The summed E-state index contributed by atoms with van der Waals surface area (Å²) in [7, 11) is 0. The van der Waals surface area contributed by atoms with E-state index >= 15 is 0 Å². The van der Waals surface area contributed by atoms with E-state index in [4.69, 9.17) is 4.74 Å². The van der Waals surface area contributed by atoms with Crippen molar-refractivity contribution in [3.63, 3.8) is 0 Å². The summed E-state index contributed by atoms with van der Waals surface area (Å²) in [6.07, 6.45) is 4.77. The van der Waals surface area contributed by atoms with Crippen LogP contribution in [0.25, 0.3) is 10.8 Å². The Morgan fingerprint density at radius 2 is 1.67 bits per heavy atom. The van der Waals surface area contributed by atoms with Crippen LogP contribution in [0.1, 0.15) is 19.8 Å². The minimum Gasteiger partial charge on any atom is -0.454 e. The summed E-state index contributed by atoms with van der Waals surface area (Å²) in [5.74, 6) is -2.79. The molecule has 154 valence electrons. The fraction of sp³-hybridized carbons (Fsp3) is 0.304. The normalized spacial score (nSPS) is 21.4. The monoisotopic (exact) mass is 406 g/mol. The van der Waals surface area contributed by atoms with Crippen molar-refractivity contribution in [1.82, 2.24) is 4.90 Å². The molecule has 4 rings (SSSR count). The molecule has 1 heterocycles. The number of carbonyl (C=O) groups is 4. The number of amides is 3. The molecule has 2 aromatic rings. The minimum absolute atomic E-state index is 0.348. The van der Waals surface area contributed by atoms with Gasteiger partial charge in [-0.2, -0.15) is 0 Å². The molecule has 3 amide bonds. The number of carbonyl (C=O) groups excluding carboxylic acids is 4. The molecule has 0 aromatic heterocycles. The lowest BCUT2D eigenvalue weighted by atomic mass is 9.85. The number of ether oxygens (including phenoxy) is 1. The van der Waals surface area contributed by atoms with Gasteiger partial charge in [0, 0.05) is 5.69 Å². The number of hydrogen-bond acceptors (Lipinski definition) is 5. The first-order valence-electron chi connectivity index (χ1n) is 9.93. The van der Waals surface area contributed by atoms with Crippen LogP contribution in [0.4, 0.5) is 5.69 Å². The van der Waals surface area contributed by atoms with Crippen LogP contribution in [-0.4, -0.2) is 41.2 Å². The molecule has 0 bridgehead atoms. The molecule has 3 atom stereocenters. The zero-order valence-electron chi connectivity index (χ0n) is 16.5. The molecule has 0 unspecified atom stereocenters. The first-order valence-corrected chi connectivity index (χ1v) is 9.93. The largest absolute Gasteiger partial charge is 0.454 e. The lowest BCUT2D eigenvalue weighted by Gasteiger charge is -2.21. The molecule has 7 nitrogen and oxygen atoms in total. The number of nitrogens with zero attached hydrogens (tertiary/aromatic N) is 1. The highest BCUT2D eigenvalue weighted by Gasteiger charge is 2.50. The Hall–Kier alpha value is -3.48. The maximum atomic E-state index is 12.6. The van der Waals surface area contributed by atoms with Crippen molar-refractivity contribution in [3.8, 4) is 0 Å². The van der Waals surface area contributed by atoms with Gasteiger partial charge in [0.2, 0.25) is 11.8 Å². The van der Waals surface area contributed by atoms with Crippen molar-refractivity contribution < 1.29 is 23.9 Å². The van der Waals surface area contributed by atoms with E-state index in [1.165, 1.54) is 6.92 Å². The average molecular weight is 406 g/mol. The van der Waals surface area contributed by atoms with Crippen molar-refractivity contribution in [2.45, 2.75) is 25.8 Å². The highest BCUT2D eigenvalue weighted by molar-refractivity contribution is 6.08. The van der Waals surface area contributed by atoms with Crippen molar-refractivity contribution in [3.05, 3.63) is 54.6 Å². The van der Waals surface area contributed by atoms with E-state index < -0.39 is 36.4 Å². The second-order valence-electron chi connectivity index (χ2n) is 7.60. The van der Waals surface area contributed by atoms with Gasteiger partial charge in [-0.1, -0.05) is 42.5 Å². The van der Waals surface area contributed by atoms with Crippen molar-refractivity contribution >= 4 is 40.2 Å². The zero-order valence-corrected chi connectivity index (χ0v) is 16.5. The van der Waals surface area contributed by atoms with Gasteiger partial charge in [0.15, 0.2) is 6.61 Å². The fourth-order valence-corrected chi connectivity index (χ4v) is 4.03. The molecule has 1 aliphatic carbocycles. The third kappa shape index (κ3) is 3.70. The quantitative estimate of drug-likeness (QED) is 0.468. The van der Waals surface area contributed by atoms with E-state index in [2.05, 4.69) is 5.32 Å². The van der Waals surface area contributed by atoms with E-state index in [0.717, 1.165) is 15.7 Å². The van der Waals surface area contributed by atoms with Crippen LogP contribution in [0, 0.1) is 11.8 Å². The van der Waals surface area contributed by atoms with Crippen molar-refractivity contribution in [2.75, 3.05) is 11.9 Å². The summed E-state index contributed by atoms with van der Waals surface area (Å²) >= 11 is 0. The van der Waals surface area contributed by atoms with Crippen molar-refractivity contribution in [2.24, 2.45) is 11.8 Å². The highest BCUT2D eigenvalue weighted by Crippen LogP contribution is 2.36. The predicted molar refractivity (Wildman–Crippen MR) is 110 cm³/mol. The fourth-order valence-electron chi connectivity index (χ4n) is 4.03. The summed E-state index contributed by atoms with van der Waals surface area (Å²) < 4.78 is 5.08. The number of fused-ring (bicyclic) bond motifs is 2. The summed E-state index contributed by atoms with van der Waals surface area (Å²) in [6, 6.07) is 12.2. The topological polar surface area (TPSA) is 92.8 Å². The van der Waals surface area contributed by atoms with Gasteiger partial charge in [-0.25, -0.2) is 4.79 Å². The lowest BCUT2D eigenvalue weighted by molar-refractivity contribution is -0.159. The standard InChI is InChI=1S/C23H22N2O5/c1-14(25-21(27)18-8-4-5-9-19(18)22(25)28)23(29)30-13-20(26)24-17-11-10-15-6-2-3-7-16(15)12-17/h2-7,10-12,14,18-19H,8-9,13H2,1H3,(H,24,26)/t14-,18-,19-/m0/s1. The molecule has 1 N–H and O–H groups in total. The highest BCUT2D eigenvalue weighted by atomic mass is 16.5. The number of imide groups is 1. The van der Waals surface area contributed by atoms with Gasteiger partial charge in [0.1, 0.15) is 6.04 Å². The first-order chi connectivity index (χ1) is 14.5. The predicted octanol–water partition coefficient (Wildman–Crippen LogP) is 2.66. The average Bonchev–Trinajstić information content (AvgIpc) is 3.02. The van der Waals surface area contributed by atoms with Gasteiger partial charge in [0.25, 0.3) is 5.91 Å². The molecule has 7 heteroatoms. The SMILES string of the molecule is C[C@@H](C(=O)OCC(=O)Nc1ccc2ccccc2c1)N1C(=O)[C@H]2CC=CC[C@@H]2C1=O. The molecule has 1 aliphatic heterocycles. The summed E-state index contributed by atoms with van der Waals surface area (Å²) in [5, 5.41) is 4.71. The molecule has 2 aromatic carbocycles. The molecular formula is C23H22N2O5. The molecule has 0 spiro atoms. The van der Waals surface area contributed by atoms with Gasteiger partial charge in [-0.15, -0.1) is 0 Å². The van der Waals surface area contributed by atoms with Crippen LogP contribution in [0.2, 0.25) is 0 Å². The molecule has 1 fully saturated rings. The maximum Gasteiger partial charge on any atom is 0.329 e. The summed E-state index contributed by atoms with van der Waals surface area (Å²) in [4.78, 5) is 50.7. The number of allylic oxidation sites excluding steroid dienone is 2. The molecule has 30 heavy (non-hydrogen) atoms. The number of likely N-dealkylation sites (tertiary alicyclic amines) is 1. The molecule has 1 saturated heterocycles. The number of hydrogen-bond donors (Lipinski definition) is 1. The third-order valence-corrected chi connectivity index (χ3v) is 5.65. The number of esters is 1. The lowest BCUT2D eigenvalue weighted by Crippen LogP contribution is -2.45. The third-order valence-electron chi connectivity index (χ3n) is 5.65. The smallest absolute Gasteiger partial charge is 0.329 e. The molecule has 0 saturated carbocycles. The Bertz CT molecular complexity index is 1030.